The average molecular weight is 258 g/mol. The minimum absolute atomic E-state index is 0.279. The molecule has 0 amide bonds. The fourth-order valence-corrected chi connectivity index (χ4v) is 4.86. The third kappa shape index (κ3) is 7.34. The van der Waals surface area contributed by atoms with E-state index in [-0.39, 0.29) is 5.97 Å². The van der Waals surface area contributed by atoms with Crippen LogP contribution in [-0.2, 0) is 14.3 Å². The van der Waals surface area contributed by atoms with E-state index in [4.69, 9.17) is 9.47 Å². The van der Waals surface area contributed by atoms with Gasteiger partial charge in [-0.1, -0.05) is 32.0 Å². The normalized spacial score (nSPS) is 14.1. The predicted octanol–water partition coefficient (Wildman–Crippen LogP) is 2.71. The summed E-state index contributed by atoms with van der Waals surface area (Å²) < 4.78 is 10.5. The van der Waals surface area contributed by atoms with E-state index in [2.05, 4.69) is 20.4 Å². The van der Waals surface area contributed by atoms with E-state index in [0.29, 0.717) is 17.9 Å². The molecule has 0 spiro atoms. The first-order valence-electron chi connectivity index (χ1n) is 6.38. The summed E-state index contributed by atoms with van der Waals surface area (Å²) in [6, 6.07) is 2.47. The molecule has 0 N–H and O–H groups in total. The van der Waals surface area contributed by atoms with Crippen molar-refractivity contribution in [1.82, 2.24) is 0 Å². The van der Waals surface area contributed by atoms with Crippen molar-refractivity contribution in [2.24, 2.45) is 0 Å². The number of carbonyl (C=O) groups excluding carboxylic acids is 1. The molecule has 0 fully saturated rings. The quantitative estimate of drug-likeness (QED) is 0.276. The van der Waals surface area contributed by atoms with Gasteiger partial charge in [-0.05, 0) is 20.3 Å². The van der Waals surface area contributed by atoms with Gasteiger partial charge in [0.25, 0.3) is 0 Å². The molecular weight excluding hydrogens is 232 g/mol. The minimum atomic E-state index is -0.851. The van der Waals surface area contributed by atoms with Crippen molar-refractivity contribution in [3.05, 3.63) is 12.2 Å². The predicted molar refractivity (Wildman–Crippen MR) is 73.9 cm³/mol. The van der Waals surface area contributed by atoms with Gasteiger partial charge in [-0.25, -0.2) is 4.79 Å². The summed E-state index contributed by atoms with van der Waals surface area (Å²) in [5, 5.41) is 0. The van der Waals surface area contributed by atoms with E-state index in [1.165, 1.54) is 18.5 Å². The molecule has 0 aliphatic heterocycles. The zero-order valence-electron chi connectivity index (χ0n) is 11.6. The van der Waals surface area contributed by atoms with Crippen molar-refractivity contribution in [2.45, 2.75) is 51.4 Å². The van der Waals surface area contributed by atoms with Crippen LogP contribution in [0.4, 0.5) is 0 Å². The first kappa shape index (κ1) is 16.4. The number of rotatable bonds is 9. The third-order valence-corrected chi connectivity index (χ3v) is 7.06. The summed E-state index contributed by atoms with van der Waals surface area (Å²) in [5.41, 5.74) is 0.879. The SMILES string of the molecule is C=C(C)C(=O)OCCC[SiH](CCC)C(C)OC. The first-order chi connectivity index (χ1) is 8.02. The standard InChI is InChI=1S/C13H26O3Si/c1-6-9-17(12(4)15-5)10-7-8-16-13(14)11(2)3/h12,17H,2,6-10H2,1,3-5H3. The maximum atomic E-state index is 11.2. The second kappa shape index (κ2) is 9.42. The lowest BCUT2D eigenvalue weighted by Gasteiger charge is -2.20. The number of carbonyl (C=O) groups is 1. The summed E-state index contributed by atoms with van der Waals surface area (Å²) in [6.45, 7) is 10.1. The van der Waals surface area contributed by atoms with Gasteiger partial charge in [0.15, 0.2) is 0 Å². The molecule has 0 heterocycles. The zero-order chi connectivity index (χ0) is 13.3. The number of ether oxygens (including phenoxy) is 2. The molecule has 4 heteroatoms. The van der Waals surface area contributed by atoms with Gasteiger partial charge in [0.2, 0.25) is 0 Å². The lowest BCUT2D eigenvalue weighted by atomic mass is 10.4. The Bertz CT molecular complexity index is 241. The van der Waals surface area contributed by atoms with Crippen LogP contribution in [0.25, 0.3) is 0 Å². The second-order valence-electron chi connectivity index (χ2n) is 4.55. The largest absolute Gasteiger partial charge is 0.462 e. The molecular formula is C13H26O3Si. The van der Waals surface area contributed by atoms with Crippen LogP contribution in [0, 0.1) is 0 Å². The van der Waals surface area contributed by atoms with Gasteiger partial charge in [0, 0.05) is 18.4 Å². The van der Waals surface area contributed by atoms with Gasteiger partial charge < -0.3 is 9.47 Å². The number of hydrogen-bond acceptors (Lipinski definition) is 3. The van der Waals surface area contributed by atoms with Crippen LogP contribution >= 0.6 is 0 Å². The lowest BCUT2D eigenvalue weighted by molar-refractivity contribution is -0.138. The van der Waals surface area contributed by atoms with E-state index in [1.54, 1.807) is 14.0 Å². The molecule has 0 aromatic carbocycles. The molecule has 0 aliphatic rings. The molecule has 0 aromatic rings. The molecule has 2 atom stereocenters. The molecule has 0 aromatic heterocycles. The van der Waals surface area contributed by atoms with Crippen molar-refractivity contribution >= 4 is 14.8 Å². The van der Waals surface area contributed by atoms with Crippen molar-refractivity contribution in [2.75, 3.05) is 13.7 Å². The van der Waals surface area contributed by atoms with Crippen LogP contribution in [0.2, 0.25) is 12.1 Å². The van der Waals surface area contributed by atoms with Gasteiger partial charge in [-0.2, -0.15) is 0 Å². The summed E-state index contributed by atoms with van der Waals surface area (Å²) in [4.78, 5) is 11.2. The highest BCUT2D eigenvalue weighted by Gasteiger charge is 2.17. The molecule has 100 valence electrons. The lowest BCUT2D eigenvalue weighted by Crippen LogP contribution is -2.29. The fourth-order valence-electron chi connectivity index (χ4n) is 1.81. The van der Waals surface area contributed by atoms with Crippen LogP contribution in [0.1, 0.15) is 33.6 Å². The van der Waals surface area contributed by atoms with Crippen molar-refractivity contribution in [3.63, 3.8) is 0 Å². The Kier molecular flexibility index (Phi) is 9.08. The van der Waals surface area contributed by atoms with Crippen LogP contribution in [0.5, 0.6) is 0 Å². The summed E-state index contributed by atoms with van der Waals surface area (Å²) in [7, 11) is 0.928. The highest BCUT2D eigenvalue weighted by Crippen LogP contribution is 2.12. The van der Waals surface area contributed by atoms with Crippen molar-refractivity contribution in [1.29, 1.82) is 0 Å². The van der Waals surface area contributed by atoms with Crippen LogP contribution in [-0.4, -0.2) is 34.2 Å². The van der Waals surface area contributed by atoms with E-state index >= 15 is 0 Å². The fraction of sp³-hybridized carbons (Fsp3) is 0.769. The van der Waals surface area contributed by atoms with E-state index in [0.717, 1.165) is 6.42 Å². The second-order valence-corrected chi connectivity index (χ2v) is 8.16. The average Bonchev–Trinajstić information content (AvgIpc) is 2.31. The molecule has 3 nitrogen and oxygen atoms in total. The zero-order valence-corrected chi connectivity index (χ0v) is 12.8. The minimum Gasteiger partial charge on any atom is -0.462 e. The van der Waals surface area contributed by atoms with E-state index < -0.39 is 8.80 Å². The number of hydrogen-bond donors (Lipinski definition) is 0. The molecule has 0 saturated carbocycles. The molecule has 2 unspecified atom stereocenters. The highest BCUT2D eigenvalue weighted by molar-refractivity contribution is 6.60. The Morgan fingerprint density at radius 1 is 1.41 bits per heavy atom. The molecule has 0 saturated heterocycles. The van der Waals surface area contributed by atoms with Crippen LogP contribution in [0.15, 0.2) is 12.2 Å². The number of esters is 1. The Balaban J connectivity index is 3.82. The summed E-state index contributed by atoms with van der Waals surface area (Å²) in [5.74, 6) is -0.279. The monoisotopic (exact) mass is 258 g/mol. The third-order valence-electron chi connectivity index (χ3n) is 3.00. The first-order valence-corrected chi connectivity index (χ1v) is 8.68. The van der Waals surface area contributed by atoms with Gasteiger partial charge >= 0.3 is 5.97 Å². The van der Waals surface area contributed by atoms with Gasteiger partial charge in [0.1, 0.15) is 0 Å². The topological polar surface area (TPSA) is 35.5 Å². The maximum absolute atomic E-state index is 11.2. The van der Waals surface area contributed by atoms with E-state index in [1.807, 2.05) is 0 Å². The summed E-state index contributed by atoms with van der Waals surface area (Å²) >= 11 is 0. The van der Waals surface area contributed by atoms with Gasteiger partial charge in [-0.3, -0.25) is 0 Å². The van der Waals surface area contributed by atoms with E-state index in [9.17, 15) is 4.79 Å². The molecule has 0 bridgehead atoms. The summed E-state index contributed by atoms with van der Waals surface area (Å²) in [6.07, 6.45) is 2.17. The van der Waals surface area contributed by atoms with Crippen molar-refractivity contribution < 1.29 is 14.3 Å². The van der Waals surface area contributed by atoms with Gasteiger partial charge in [-0.15, -0.1) is 0 Å². The number of methoxy groups -OCH3 is 1. The van der Waals surface area contributed by atoms with Crippen LogP contribution < -0.4 is 0 Å². The molecule has 0 rings (SSSR count). The van der Waals surface area contributed by atoms with Crippen molar-refractivity contribution in [3.8, 4) is 0 Å². The Morgan fingerprint density at radius 3 is 2.53 bits per heavy atom. The smallest absolute Gasteiger partial charge is 0.333 e. The maximum Gasteiger partial charge on any atom is 0.333 e. The highest BCUT2D eigenvalue weighted by atomic mass is 28.3. The van der Waals surface area contributed by atoms with Crippen LogP contribution in [0.3, 0.4) is 0 Å². The van der Waals surface area contributed by atoms with Gasteiger partial charge in [0.05, 0.1) is 15.4 Å². The molecule has 0 radical (unpaired) electrons. The Morgan fingerprint density at radius 2 is 2.06 bits per heavy atom. The Labute approximate surface area is 107 Å². The Hall–Kier alpha value is -0.613. The molecule has 0 aliphatic carbocycles. The molecule has 17 heavy (non-hydrogen) atoms.